The lowest BCUT2D eigenvalue weighted by molar-refractivity contribution is 0.239. The van der Waals surface area contributed by atoms with Crippen LogP contribution < -0.4 is 4.74 Å². The number of aliphatic hydroxyl groups excluding tert-OH is 2. The molecule has 3 heteroatoms. The Hall–Kier alpha value is -4.18. The van der Waals surface area contributed by atoms with E-state index < -0.39 is 10.8 Å². The summed E-state index contributed by atoms with van der Waals surface area (Å²) in [7, 11) is 1.69. The summed E-state index contributed by atoms with van der Waals surface area (Å²) in [4.78, 5) is 0. The van der Waals surface area contributed by atoms with E-state index in [1.807, 2.05) is 24.3 Å². The van der Waals surface area contributed by atoms with Gasteiger partial charge in [0.2, 0.25) is 0 Å². The summed E-state index contributed by atoms with van der Waals surface area (Å²) >= 11 is 0. The van der Waals surface area contributed by atoms with Crippen molar-refractivity contribution in [2.45, 2.75) is 17.8 Å². The van der Waals surface area contributed by atoms with Crippen molar-refractivity contribution >= 4 is 0 Å². The summed E-state index contributed by atoms with van der Waals surface area (Å²) in [5.41, 5.74) is 10.4. The van der Waals surface area contributed by atoms with Crippen LogP contribution >= 0.6 is 0 Å². The van der Waals surface area contributed by atoms with E-state index in [0.29, 0.717) is 5.75 Å². The number of hydrogen-bond donors (Lipinski definition) is 2. The first kappa shape index (κ1) is 23.9. The van der Waals surface area contributed by atoms with Gasteiger partial charge in [0, 0.05) is 5.56 Å². The summed E-state index contributed by atoms with van der Waals surface area (Å²) in [6.45, 7) is 1.95. The molecular weight excluding hydrogens is 480 g/mol. The van der Waals surface area contributed by atoms with E-state index >= 15 is 0 Å². The largest absolute Gasteiger partial charge is 0.496 e. The highest BCUT2D eigenvalue weighted by Crippen LogP contribution is 2.57. The van der Waals surface area contributed by atoms with Crippen LogP contribution in [0.4, 0.5) is 0 Å². The average Bonchev–Trinajstić information content (AvgIpc) is 3.45. The first-order chi connectivity index (χ1) is 19.1. The maximum Gasteiger partial charge on any atom is 0.123 e. The van der Waals surface area contributed by atoms with E-state index in [4.69, 9.17) is 4.74 Å². The summed E-state index contributed by atoms with van der Waals surface area (Å²) < 4.78 is 6.14. The fourth-order valence-corrected chi connectivity index (χ4v) is 7.39. The molecular formula is C36H30O3. The summed E-state index contributed by atoms with van der Waals surface area (Å²) in [5, 5.41) is 22.4. The number of ether oxygens (including phenoxy) is 1. The van der Waals surface area contributed by atoms with Crippen LogP contribution in [0.3, 0.4) is 0 Å². The minimum absolute atomic E-state index is 0.0683. The number of aryl methyl sites for hydroxylation is 1. The van der Waals surface area contributed by atoms with Crippen molar-refractivity contribution in [1.82, 2.24) is 0 Å². The summed E-state index contributed by atoms with van der Waals surface area (Å²) in [5.74, 6) is 0.700. The third kappa shape index (κ3) is 2.95. The molecule has 7 rings (SSSR count). The topological polar surface area (TPSA) is 49.7 Å². The second kappa shape index (κ2) is 8.67. The van der Waals surface area contributed by atoms with Gasteiger partial charge in [0.25, 0.3) is 0 Å². The van der Waals surface area contributed by atoms with Gasteiger partial charge in [0.1, 0.15) is 5.75 Å². The molecule has 2 aliphatic carbocycles. The van der Waals surface area contributed by atoms with Crippen molar-refractivity contribution in [2.24, 2.45) is 0 Å². The molecule has 0 heterocycles. The van der Waals surface area contributed by atoms with Gasteiger partial charge >= 0.3 is 0 Å². The van der Waals surface area contributed by atoms with Gasteiger partial charge in [-0.15, -0.1) is 0 Å². The van der Waals surface area contributed by atoms with Crippen LogP contribution in [-0.4, -0.2) is 30.5 Å². The maximum absolute atomic E-state index is 11.2. The quantitative estimate of drug-likeness (QED) is 0.279. The van der Waals surface area contributed by atoms with Gasteiger partial charge in [-0.05, 0) is 68.6 Å². The predicted molar refractivity (Wildman–Crippen MR) is 155 cm³/mol. The monoisotopic (exact) mass is 510 g/mol. The Morgan fingerprint density at radius 2 is 0.872 bits per heavy atom. The molecule has 0 aromatic heterocycles. The second-order valence-electron chi connectivity index (χ2n) is 10.7. The van der Waals surface area contributed by atoms with E-state index in [1.165, 1.54) is 0 Å². The molecule has 0 aliphatic heterocycles. The zero-order valence-corrected chi connectivity index (χ0v) is 22.1. The van der Waals surface area contributed by atoms with Crippen molar-refractivity contribution in [3.63, 3.8) is 0 Å². The summed E-state index contributed by atoms with van der Waals surface area (Å²) in [6, 6.07) is 37.7. The van der Waals surface area contributed by atoms with Gasteiger partial charge in [0.05, 0.1) is 31.2 Å². The standard InChI is InChI=1S/C36H30O3/c1-23-19-33(36(22-38)30-17-9-5-13-26(30)27-14-6-10-18-31(27)36)34(39-2)20-32(23)35(21-37)28-15-7-3-11-24(28)25-12-4-8-16-29(25)35/h3-20,37-38H,21-22H2,1-2H3. The molecule has 5 aromatic rings. The number of benzene rings is 5. The Labute approximate surface area is 229 Å². The molecule has 2 aliphatic rings. The predicted octanol–water partition coefficient (Wildman–Crippen LogP) is 6.62. The van der Waals surface area contributed by atoms with E-state index in [-0.39, 0.29) is 13.2 Å². The molecule has 5 aromatic carbocycles. The normalized spacial score (nSPS) is 15.3. The molecule has 39 heavy (non-hydrogen) atoms. The van der Waals surface area contributed by atoms with Crippen molar-refractivity contribution < 1.29 is 14.9 Å². The van der Waals surface area contributed by atoms with Crippen molar-refractivity contribution in [2.75, 3.05) is 20.3 Å². The molecule has 0 radical (unpaired) electrons. The minimum Gasteiger partial charge on any atom is -0.496 e. The molecule has 0 saturated heterocycles. The zero-order valence-electron chi connectivity index (χ0n) is 22.1. The zero-order chi connectivity index (χ0) is 26.8. The Bertz CT molecular complexity index is 1660. The van der Waals surface area contributed by atoms with Gasteiger partial charge in [-0.1, -0.05) is 103 Å². The van der Waals surface area contributed by atoms with Crippen LogP contribution in [-0.2, 0) is 10.8 Å². The van der Waals surface area contributed by atoms with Crippen LogP contribution in [0, 0.1) is 6.92 Å². The molecule has 2 N–H and O–H groups in total. The van der Waals surface area contributed by atoms with Gasteiger partial charge < -0.3 is 14.9 Å². The molecule has 0 spiro atoms. The van der Waals surface area contributed by atoms with Crippen LogP contribution in [0.5, 0.6) is 5.75 Å². The number of methoxy groups -OCH3 is 1. The fourth-order valence-electron chi connectivity index (χ4n) is 7.39. The van der Waals surface area contributed by atoms with Gasteiger partial charge in [-0.25, -0.2) is 0 Å². The second-order valence-corrected chi connectivity index (χ2v) is 10.7. The van der Waals surface area contributed by atoms with Crippen LogP contribution in [0.25, 0.3) is 22.3 Å². The molecule has 0 atom stereocenters. The molecule has 0 fully saturated rings. The minimum atomic E-state index is -0.764. The first-order valence-electron chi connectivity index (χ1n) is 13.4. The van der Waals surface area contributed by atoms with Crippen molar-refractivity contribution in [1.29, 1.82) is 0 Å². The molecule has 0 saturated carbocycles. The number of rotatable bonds is 5. The highest BCUT2D eigenvalue weighted by Gasteiger charge is 2.48. The molecule has 192 valence electrons. The van der Waals surface area contributed by atoms with Crippen LogP contribution in [0.1, 0.15) is 38.9 Å². The SMILES string of the molecule is COc1cc(C2(CO)c3ccccc3-c3ccccc32)c(C)cc1C1(CO)c2ccccc2-c2ccccc21. The highest BCUT2D eigenvalue weighted by atomic mass is 16.5. The van der Waals surface area contributed by atoms with Crippen molar-refractivity contribution in [3.05, 3.63) is 148 Å². The van der Waals surface area contributed by atoms with E-state index in [0.717, 1.165) is 61.2 Å². The smallest absolute Gasteiger partial charge is 0.123 e. The van der Waals surface area contributed by atoms with Gasteiger partial charge in [-0.2, -0.15) is 0 Å². The fraction of sp³-hybridized carbons (Fsp3) is 0.167. The van der Waals surface area contributed by atoms with Crippen LogP contribution in [0.15, 0.2) is 109 Å². The van der Waals surface area contributed by atoms with E-state index in [9.17, 15) is 10.2 Å². The van der Waals surface area contributed by atoms with E-state index in [2.05, 4.69) is 91.9 Å². The third-order valence-electron chi connectivity index (χ3n) is 9.07. The number of fused-ring (bicyclic) bond motifs is 6. The van der Waals surface area contributed by atoms with Gasteiger partial charge in [0.15, 0.2) is 0 Å². The average molecular weight is 511 g/mol. The molecule has 3 nitrogen and oxygen atoms in total. The summed E-state index contributed by atoms with van der Waals surface area (Å²) in [6.07, 6.45) is 0. The highest BCUT2D eigenvalue weighted by molar-refractivity contribution is 5.86. The molecule has 0 amide bonds. The van der Waals surface area contributed by atoms with E-state index in [1.54, 1.807) is 7.11 Å². The number of aliphatic hydroxyl groups is 2. The Morgan fingerprint density at radius 1 is 0.513 bits per heavy atom. The van der Waals surface area contributed by atoms with Crippen LogP contribution in [0.2, 0.25) is 0 Å². The first-order valence-corrected chi connectivity index (χ1v) is 13.4. The Balaban J connectivity index is 1.53. The molecule has 0 bridgehead atoms. The lowest BCUT2D eigenvalue weighted by atomic mass is 9.68. The van der Waals surface area contributed by atoms with Crippen molar-refractivity contribution in [3.8, 4) is 28.0 Å². The molecule has 0 unspecified atom stereocenters. The van der Waals surface area contributed by atoms with Gasteiger partial charge in [-0.3, -0.25) is 0 Å². The lowest BCUT2D eigenvalue weighted by Gasteiger charge is -2.36. The lowest BCUT2D eigenvalue weighted by Crippen LogP contribution is -2.34. The third-order valence-corrected chi connectivity index (χ3v) is 9.07. The maximum atomic E-state index is 11.2. The Morgan fingerprint density at radius 3 is 1.23 bits per heavy atom. The number of hydrogen-bond acceptors (Lipinski definition) is 3. The Kier molecular flexibility index (Phi) is 5.31.